The molecule has 20 heavy (non-hydrogen) atoms. The number of carbonyl (C=O) groups is 1. The molecule has 0 radical (unpaired) electrons. The Morgan fingerprint density at radius 3 is 1.75 bits per heavy atom. The molecule has 2 heteroatoms. The van der Waals surface area contributed by atoms with Crippen molar-refractivity contribution in [2.75, 3.05) is 0 Å². The Kier molecular flexibility index (Phi) is 14.5. The molecule has 0 aromatic heterocycles. The molecule has 0 spiro atoms. The van der Waals surface area contributed by atoms with E-state index in [0.29, 0.717) is 5.82 Å². The molecule has 0 bridgehead atoms. The summed E-state index contributed by atoms with van der Waals surface area (Å²) in [6.45, 7) is 8.11. The summed E-state index contributed by atoms with van der Waals surface area (Å²) >= 11 is 0. The second kappa shape index (κ2) is 14.9. The van der Waals surface area contributed by atoms with Gasteiger partial charge in [0.15, 0.2) is 0 Å². The van der Waals surface area contributed by atoms with Gasteiger partial charge in [-0.25, -0.2) is 0 Å². The van der Waals surface area contributed by atoms with Gasteiger partial charge >= 0.3 is 0 Å². The van der Waals surface area contributed by atoms with Crippen molar-refractivity contribution in [3.05, 3.63) is 12.7 Å². The highest BCUT2D eigenvalue weighted by Gasteiger charge is 2.14. The Balaban J connectivity index is 3.82. The van der Waals surface area contributed by atoms with Crippen LogP contribution < -0.4 is 0 Å². The van der Waals surface area contributed by atoms with E-state index in [1.807, 2.05) is 0 Å². The quantitative estimate of drug-likeness (QED) is 0.215. The Labute approximate surface area is 127 Å². The van der Waals surface area contributed by atoms with Gasteiger partial charge in [-0.1, -0.05) is 103 Å². The minimum atomic E-state index is 0.233. The van der Waals surface area contributed by atoms with Crippen LogP contribution in [0.25, 0.3) is 0 Å². The van der Waals surface area contributed by atoms with Crippen molar-refractivity contribution in [1.29, 1.82) is 0 Å². The van der Waals surface area contributed by atoms with Gasteiger partial charge in [-0.2, -0.15) is 0 Å². The number of unbranched alkanes of at least 4 members (excludes halogenated alkanes) is 8. The molecule has 0 heterocycles. The van der Waals surface area contributed by atoms with Gasteiger partial charge in [0, 0.05) is 0 Å². The van der Waals surface area contributed by atoms with Crippen LogP contribution in [0.15, 0.2) is 12.7 Å². The summed E-state index contributed by atoms with van der Waals surface area (Å²) in [6, 6.07) is 0. The molecule has 0 aromatic rings. The third kappa shape index (κ3) is 12.5. The molecule has 0 fully saturated rings. The summed E-state index contributed by atoms with van der Waals surface area (Å²) < 4.78 is 0. The van der Waals surface area contributed by atoms with Gasteiger partial charge in [-0.05, 0) is 6.08 Å². The zero-order valence-electron chi connectivity index (χ0n) is 14.0. The molecule has 0 saturated carbocycles. The van der Waals surface area contributed by atoms with Crippen LogP contribution >= 0.6 is 0 Å². The van der Waals surface area contributed by atoms with Crippen LogP contribution in [0.1, 0.15) is 90.9 Å². The minimum Gasteiger partial charge on any atom is -0.307 e. The van der Waals surface area contributed by atoms with Crippen molar-refractivity contribution in [3.63, 3.8) is 0 Å². The summed E-state index contributed by atoms with van der Waals surface area (Å²) in [6.07, 6.45) is 17.3. The van der Waals surface area contributed by atoms with Crippen molar-refractivity contribution in [2.24, 2.45) is 0 Å². The molecule has 0 aromatic carbocycles. The Morgan fingerprint density at radius 2 is 1.35 bits per heavy atom. The third-order valence-electron chi connectivity index (χ3n) is 4.15. The van der Waals surface area contributed by atoms with Gasteiger partial charge in [0.2, 0.25) is 7.28 Å². The summed E-state index contributed by atoms with van der Waals surface area (Å²) in [5, 5.41) is 0. The average Bonchev–Trinajstić information content (AvgIpc) is 2.46. The van der Waals surface area contributed by atoms with E-state index in [0.717, 1.165) is 7.28 Å². The SMILES string of the molecule is C=CC(=O)BC(CCCCCCC)CCCCCCC. The van der Waals surface area contributed by atoms with E-state index in [1.54, 1.807) is 0 Å². The maximum Gasteiger partial charge on any atom is 0.214 e. The van der Waals surface area contributed by atoms with Crippen LogP contribution in [0.4, 0.5) is 0 Å². The molecule has 0 N–H and O–H groups in total. The number of rotatable bonds is 15. The summed E-state index contributed by atoms with van der Waals surface area (Å²) in [4.78, 5) is 11.6. The first-order chi connectivity index (χ1) is 9.74. The molecule has 116 valence electrons. The van der Waals surface area contributed by atoms with E-state index in [9.17, 15) is 4.79 Å². The lowest BCUT2D eigenvalue weighted by Crippen LogP contribution is -2.13. The van der Waals surface area contributed by atoms with Crippen LogP contribution in [0.2, 0.25) is 5.82 Å². The van der Waals surface area contributed by atoms with Crippen molar-refractivity contribution >= 4 is 13.0 Å². The molecule has 0 unspecified atom stereocenters. The van der Waals surface area contributed by atoms with Crippen molar-refractivity contribution in [1.82, 2.24) is 0 Å². The maximum absolute atomic E-state index is 11.6. The van der Waals surface area contributed by atoms with E-state index in [-0.39, 0.29) is 5.68 Å². The highest BCUT2D eigenvalue weighted by atomic mass is 16.1. The second-order valence-electron chi connectivity index (χ2n) is 6.15. The largest absolute Gasteiger partial charge is 0.307 e. The van der Waals surface area contributed by atoms with E-state index in [1.165, 1.54) is 83.1 Å². The lowest BCUT2D eigenvalue weighted by molar-refractivity contribution is -0.108. The lowest BCUT2D eigenvalue weighted by atomic mass is 9.57. The van der Waals surface area contributed by atoms with E-state index in [4.69, 9.17) is 0 Å². The predicted molar refractivity (Wildman–Crippen MR) is 92.9 cm³/mol. The fraction of sp³-hybridized carbons (Fsp3) is 0.833. The fourth-order valence-electron chi connectivity index (χ4n) is 2.79. The smallest absolute Gasteiger partial charge is 0.214 e. The van der Waals surface area contributed by atoms with Gasteiger partial charge in [-0.15, -0.1) is 0 Å². The van der Waals surface area contributed by atoms with E-state index >= 15 is 0 Å². The number of hydrogen-bond donors (Lipinski definition) is 0. The van der Waals surface area contributed by atoms with Crippen LogP contribution in [-0.2, 0) is 4.79 Å². The molecule has 0 atom stereocenters. The molecule has 0 aliphatic carbocycles. The van der Waals surface area contributed by atoms with Crippen LogP contribution in [0, 0.1) is 0 Å². The van der Waals surface area contributed by atoms with Gasteiger partial charge in [-0.3, -0.25) is 0 Å². The topological polar surface area (TPSA) is 17.1 Å². The average molecular weight is 278 g/mol. The van der Waals surface area contributed by atoms with Crippen molar-refractivity contribution < 1.29 is 4.79 Å². The summed E-state index contributed by atoms with van der Waals surface area (Å²) in [7, 11) is 0.727. The Hall–Kier alpha value is -0.525. The molecule has 0 saturated heterocycles. The standard InChI is InChI=1S/C18H35BO/c1-4-7-9-11-13-15-17(19-18(20)6-3)16-14-12-10-8-5-2/h6,17,19H,3-5,7-16H2,1-2H3. The molecular formula is C18H35BO. The molecule has 1 nitrogen and oxygen atoms in total. The van der Waals surface area contributed by atoms with Gasteiger partial charge in [0.25, 0.3) is 0 Å². The zero-order valence-corrected chi connectivity index (χ0v) is 14.0. The third-order valence-corrected chi connectivity index (χ3v) is 4.15. The first kappa shape index (κ1) is 19.5. The molecule has 0 rings (SSSR count). The number of allylic oxidation sites excluding steroid dienone is 1. The summed E-state index contributed by atoms with van der Waals surface area (Å²) in [5.74, 6) is 0.601. The Bertz CT molecular complexity index is 224. The van der Waals surface area contributed by atoms with Gasteiger partial charge < -0.3 is 4.79 Å². The zero-order chi connectivity index (χ0) is 15.1. The summed E-state index contributed by atoms with van der Waals surface area (Å²) in [5.41, 5.74) is 0.233. The molecule has 0 aliphatic rings. The fourth-order valence-corrected chi connectivity index (χ4v) is 2.79. The predicted octanol–water partition coefficient (Wildman–Crippen LogP) is 5.65. The number of hydrogen-bond acceptors (Lipinski definition) is 1. The van der Waals surface area contributed by atoms with Crippen molar-refractivity contribution in [3.8, 4) is 0 Å². The Morgan fingerprint density at radius 1 is 0.900 bits per heavy atom. The van der Waals surface area contributed by atoms with Crippen LogP contribution in [0.5, 0.6) is 0 Å². The van der Waals surface area contributed by atoms with Gasteiger partial charge in [0.1, 0.15) is 5.68 Å². The molecule has 0 amide bonds. The van der Waals surface area contributed by atoms with E-state index < -0.39 is 0 Å². The second-order valence-corrected chi connectivity index (χ2v) is 6.15. The minimum absolute atomic E-state index is 0.233. The monoisotopic (exact) mass is 278 g/mol. The highest BCUT2D eigenvalue weighted by molar-refractivity contribution is 6.77. The highest BCUT2D eigenvalue weighted by Crippen LogP contribution is 2.23. The molecular weight excluding hydrogens is 243 g/mol. The van der Waals surface area contributed by atoms with E-state index in [2.05, 4.69) is 20.4 Å². The van der Waals surface area contributed by atoms with Gasteiger partial charge in [0.05, 0.1) is 0 Å². The molecule has 0 aliphatic heterocycles. The van der Waals surface area contributed by atoms with Crippen molar-refractivity contribution in [2.45, 2.75) is 96.7 Å². The van der Waals surface area contributed by atoms with Crippen LogP contribution in [0.3, 0.4) is 0 Å². The van der Waals surface area contributed by atoms with Crippen LogP contribution in [-0.4, -0.2) is 13.0 Å². The number of carbonyl (C=O) groups excluding carboxylic acids is 1. The first-order valence-corrected chi connectivity index (χ1v) is 8.89. The maximum atomic E-state index is 11.6. The lowest BCUT2D eigenvalue weighted by Gasteiger charge is -2.14. The normalized spacial score (nSPS) is 10.8. The first-order valence-electron chi connectivity index (χ1n) is 8.89.